The van der Waals surface area contributed by atoms with Gasteiger partial charge in [-0.15, -0.1) is 0 Å². The fourth-order valence-corrected chi connectivity index (χ4v) is 1.44. The third-order valence-corrected chi connectivity index (χ3v) is 2.05. The van der Waals surface area contributed by atoms with Gasteiger partial charge in [0, 0.05) is 12.2 Å². The molecule has 14 heavy (non-hydrogen) atoms. The van der Waals surface area contributed by atoms with Crippen molar-refractivity contribution in [3.05, 3.63) is 29.8 Å². The van der Waals surface area contributed by atoms with Crippen molar-refractivity contribution >= 4 is 5.71 Å². The second kappa shape index (κ2) is 3.67. The van der Waals surface area contributed by atoms with Crippen LogP contribution in [-0.2, 0) is 4.74 Å². The number of hydrogen-bond donors (Lipinski definition) is 1. The molecule has 0 bridgehead atoms. The zero-order chi connectivity index (χ0) is 9.97. The maximum absolute atomic E-state index is 8.84. The van der Waals surface area contributed by atoms with E-state index in [0.29, 0.717) is 18.1 Å². The van der Waals surface area contributed by atoms with E-state index in [1.165, 1.54) is 0 Å². The van der Waals surface area contributed by atoms with Crippen LogP contribution in [0.1, 0.15) is 12.5 Å². The summed E-state index contributed by atoms with van der Waals surface area (Å²) in [6.07, 6.45) is -0.581. The van der Waals surface area contributed by atoms with E-state index in [4.69, 9.17) is 14.7 Å². The van der Waals surface area contributed by atoms with E-state index in [-0.39, 0.29) is 0 Å². The van der Waals surface area contributed by atoms with Gasteiger partial charge in [0.15, 0.2) is 5.71 Å². The molecule has 0 saturated heterocycles. The first-order valence-corrected chi connectivity index (χ1v) is 4.46. The SMILES string of the molecule is CCOC1Oc2ccccc2/C1=N\O. The van der Waals surface area contributed by atoms with E-state index in [1.54, 1.807) is 0 Å². The number of nitrogens with zero attached hydrogens (tertiary/aromatic N) is 1. The highest BCUT2D eigenvalue weighted by Gasteiger charge is 2.30. The van der Waals surface area contributed by atoms with Crippen LogP contribution >= 0.6 is 0 Å². The lowest BCUT2D eigenvalue weighted by Gasteiger charge is -2.09. The molecule has 0 amide bonds. The van der Waals surface area contributed by atoms with Crippen LogP contribution in [0.3, 0.4) is 0 Å². The topological polar surface area (TPSA) is 51.0 Å². The monoisotopic (exact) mass is 193 g/mol. The molecule has 1 heterocycles. The smallest absolute Gasteiger partial charge is 0.247 e. The normalized spacial score (nSPS) is 22.1. The van der Waals surface area contributed by atoms with Gasteiger partial charge in [0.25, 0.3) is 0 Å². The Bertz CT molecular complexity index is 362. The van der Waals surface area contributed by atoms with E-state index < -0.39 is 6.29 Å². The van der Waals surface area contributed by atoms with Crippen molar-refractivity contribution in [2.75, 3.05) is 6.61 Å². The van der Waals surface area contributed by atoms with Crippen LogP contribution in [0, 0.1) is 0 Å². The number of ether oxygens (including phenoxy) is 2. The van der Waals surface area contributed by atoms with E-state index in [0.717, 1.165) is 5.56 Å². The fourth-order valence-electron chi connectivity index (χ4n) is 1.44. The summed E-state index contributed by atoms with van der Waals surface area (Å²) in [4.78, 5) is 0. The molecule has 0 aliphatic carbocycles. The molecule has 1 N–H and O–H groups in total. The molecule has 0 saturated carbocycles. The number of para-hydroxylation sites is 1. The molecule has 1 aromatic carbocycles. The molecule has 1 aromatic rings. The van der Waals surface area contributed by atoms with E-state index in [1.807, 2.05) is 31.2 Å². The zero-order valence-corrected chi connectivity index (χ0v) is 7.80. The molecule has 2 rings (SSSR count). The molecule has 1 unspecified atom stereocenters. The van der Waals surface area contributed by atoms with Crippen molar-refractivity contribution in [3.63, 3.8) is 0 Å². The summed E-state index contributed by atoms with van der Waals surface area (Å²) in [6, 6.07) is 7.38. The summed E-state index contributed by atoms with van der Waals surface area (Å²) in [5.74, 6) is 0.693. The third kappa shape index (κ3) is 1.33. The molecule has 0 radical (unpaired) electrons. The summed E-state index contributed by atoms with van der Waals surface area (Å²) in [6.45, 7) is 2.37. The Morgan fingerprint density at radius 1 is 1.50 bits per heavy atom. The van der Waals surface area contributed by atoms with Gasteiger partial charge in [-0.1, -0.05) is 17.3 Å². The van der Waals surface area contributed by atoms with E-state index in [2.05, 4.69) is 5.16 Å². The van der Waals surface area contributed by atoms with Gasteiger partial charge in [0.2, 0.25) is 6.29 Å². The Balaban J connectivity index is 2.34. The lowest BCUT2D eigenvalue weighted by molar-refractivity contribution is -0.0197. The molecule has 1 aliphatic rings. The van der Waals surface area contributed by atoms with Crippen LogP contribution in [0.4, 0.5) is 0 Å². The molecule has 4 nitrogen and oxygen atoms in total. The van der Waals surface area contributed by atoms with Gasteiger partial charge in [-0.25, -0.2) is 0 Å². The largest absolute Gasteiger partial charge is 0.458 e. The number of benzene rings is 1. The number of fused-ring (bicyclic) bond motifs is 1. The van der Waals surface area contributed by atoms with Crippen LogP contribution < -0.4 is 4.74 Å². The summed E-state index contributed by atoms with van der Waals surface area (Å²) in [5, 5.41) is 12.0. The predicted molar refractivity (Wildman–Crippen MR) is 50.8 cm³/mol. The average Bonchev–Trinajstić information content (AvgIpc) is 2.55. The van der Waals surface area contributed by atoms with Crippen LogP contribution in [0.15, 0.2) is 29.4 Å². The second-order valence-corrected chi connectivity index (χ2v) is 2.89. The summed E-state index contributed by atoms with van der Waals surface area (Å²) in [7, 11) is 0. The highest BCUT2D eigenvalue weighted by molar-refractivity contribution is 6.07. The van der Waals surface area contributed by atoms with Crippen molar-refractivity contribution in [1.82, 2.24) is 0 Å². The number of hydrogen-bond acceptors (Lipinski definition) is 4. The van der Waals surface area contributed by atoms with Crippen LogP contribution in [0.25, 0.3) is 0 Å². The minimum absolute atomic E-state index is 0.433. The van der Waals surface area contributed by atoms with Crippen LogP contribution in [0.2, 0.25) is 0 Å². The fraction of sp³-hybridized carbons (Fsp3) is 0.300. The zero-order valence-electron chi connectivity index (χ0n) is 7.80. The lowest BCUT2D eigenvalue weighted by Crippen LogP contribution is -2.24. The van der Waals surface area contributed by atoms with Crippen molar-refractivity contribution in [3.8, 4) is 5.75 Å². The second-order valence-electron chi connectivity index (χ2n) is 2.89. The van der Waals surface area contributed by atoms with Crippen LogP contribution in [0.5, 0.6) is 5.75 Å². The van der Waals surface area contributed by atoms with Gasteiger partial charge in [0.05, 0.1) is 0 Å². The van der Waals surface area contributed by atoms with E-state index in [9.17, 15) is 0 Å². The molecule has 1 aliphatic heterocycles. The number of oxime groups is 1. The molecule has 0 aromatic heterocycles. The predicted octanol–water partition coefficient (Wildman–Crippen LogP) is 1.62. The minimum atomic E-state index is -0.581. The standard InChI is InChI=1S/C10H11NO3/c1-2-13-10-9(11-12)7-5-3-4-6-8(7)14-10/h3-6,10,12H,2H2,1H3/b11-9+. The molecule has 0 spiro atoms. The summed E-state index contributed by atoms with van der Waals surface area (Å²) < 4.78 is 10.7. The molecular formula is C10H11NO3. The Labute approximate surface area is 81.8 Å². The Morgan fingerprint density at radius 3 is 3.00 bits per heavy atom. The molecule has 4 heteroatoms. The quantitative estimate of drug-likeness (QED) is 0.573. The van der Waals surface area contributed by atoms with Crippen molar-refractivity contribution in [2.24, 2.45) is 5.16 Å². The lowest BCUT2D eigenvalue weighted by atomic mass is 10.1. The Morgan fingerprint density at radius 2 is 2.29 bits per heavy atom. The molecule has 74 valence electrons. The maximum atomic E-state index is 8.84. The summed E-state index contributed by atoms with van der Waals surface area (Å²) in [5.41, 5.74) is 1.22. The van der Waals surface area contributed by atoms with E-state index >= 15 is 0 Å². The van der Waals surface area contributed by atoms with Crippen molar-refractivity contribution < 1.29 is 14.7 Å². The Kier molecular flexibility index (Phi) is 2.37. The van der Waals surface area contributed by atoms with Crippen LogP contribution in [-0.4, -0.2) is 23.8 Å². The molecular weight excluding hydrogens is 182 g/mol. The van der Waals surface area contributed by atoms with Gasteiger partial charge in [0.1, 0.15) is 5.75 Å². The van der Waals surface area contributed by atoms with Gasteiger partial charge in [-0.2, -0.15) is 0 Å². The summed E-state index contributed by atoms with van der Waals surface area (Å²) >= 11 is 0. The Hall–Kier alpha value is -1.55. The first-order valence-electron chi connectivity index (χ1n) is 4.46. The maximum Gasteiger partial charge on any atom is 0.247 e. The molecule has 0 fully saturated rings. The highest BCUT2D eigenvalue weighted by Crippen LogP contribution is 2.29. The molecule has 1 atom stereocenters. The van der Waals surface area contributed by atoms with Gasteiger partial charge in [-0.05, 0) is 19.1 Å². The van der Waals surface area contributed by atoms with Crippen molar-refractivity contribution in [1.29, 1.82) is 0 Å². The number of rotatable bonds is 2. The van der Waals surface area contributed by atoms with Crippen molar-refractivity contribution in [2.45, 2.75) is 13.2 Å². The van der Waals surface area contributed by atoms with Gasteiger partial charge in [-0.3, -0.25) is 0 Å². The average molecular weight is 193 g/mol. The highest BCUT2D eigenvalue weighted by atomic mass is 16.7. The first kappa shape index (κ1) is 9.02. The van der Waals surface area contributed by atoms with Gasteiger partial charge < -0.3 is 14.7 Å². The minimum Gasteiger partial charge on any atom is -0.458 e. The van der Waals surface area contributed by atoms with Gasteiger partial charge >= 0.3 is 0 Å². The third-order valence-electron chi connectivity index (χ3n) is 2.05. The first-order chi connectivity index (χ1) is 6.86.